The van der Waals surface area contributed by atoms with Gasteiger partial charge in [-0.15, -0.1) is 10.2 Å². The van der Waals surface area contributed by atoms with Gasteiger partial charge in [0, 0.05) is 24.4 Å². The van der Waals surface area contributed by atoms with E-state index >= 15 is 0 Å². The molecule has 2 amide bonds. The van der Waals surface area contributed by atoms with Gasteiger partial charge in [-0.1, -0.05) is 36.6 Å². The van der Waals surface area contributed by atoms with Crippen molar-refractivity contribution in [3.63, 3.8) is 0 Å². The number of halogens is 1. The predicted octanol–water partition coefficient (Wildman–Crippen LogP) is 3.92. The lowest BCUT2D eigenvalue weighted by atomic mass is 9.82. The molecule has 34 heavy (non-hydrogen) atoms. The van der Waals surface area contributed by atoms with Crippen molar-refractivity contribution < 1.29 is 14.0 Å². The van der Waals surface area contributed by atoms with Crippen molar-refractivity contribution in [1.82, 2.24) is 26.1 Å². The summed E-state index contributed by atoms with van der Waals surface area (Å²) in [7, 11) is 0. The van der Waals surface area contributed by atoms with E-state index in [0.717, 1.165) is 50.5 Å². The molecular formula is C25H32ClN5O3. The van der Waals surface area contributed by atoms with E-state index in [4.69, 9.17) is 16.0 Å². The number of benzene rings is 1. The van der Waals surface area contributed by atoms with E-state index in [1.165, 1.54) is 6.42 Å². The fourth-order valence-electron chi connectivity index (χ4n) is 5.58. The summed E-state index contributed by atoms with van der Waals surface area (Å²) in [6.07, 6.45) is 8.74. The molecule has 0 bridgehead atoms. The molecule has 182 valence electrons. The third kappa shape index (κ3) is 5.28. The van der Waals surface area contributed by atoms with Crippen molar-refractivity contribution in [3.8, 4) is 11.5 Å². The van der Waals surface area contributed by atoms with Gasteiger partial charge in [-0.3, -0.25) is 14.9 Å². The van der Waals surface area contributed by atoms with E-state index in [2.05, 4.69) is 26.1 Å². The maximum Gasteiger partial charge on any atom is 0.249 e. The summed E-state index contributed by atoms with van der Waals surface area (Å²) in [5, 5.41) is 18.8. The fraction of sp³-hybridized carbons (Fsp3) is 0.600. The minimum Gasteiger partial charge on any atom is -0.420 e. The van der Waals surface area contributed by atoms with Crippen LogP contribution >= 0.6 is 11.6 Å². The molecule has 0 radical (unpaired) electrons. The molecule has 0 spiro atoms. The smallest absolute Gasteiger partial charge is 0.249 e. The molecule has 1 aromatic heterocycles. The Morgan fingerprint density at radius 3 is 2.71 bits per heavy atom. The first-order chi connectivity index (χ1) is 16.6. The van der Waals surface area contributed by atoms with Gasteiger partial charge in [0.15, 0.2) is 0 Å². The van der Waals surface area contributed by atoms with Crippen LogP contribution in [0.1, 0.15) is 76.0 Å². The molecule has 2 heterocycles. The van der Waals surface area contributed by atoms with Gasteiger partial charge in [0.25, 0.3) is 0 Å². The molecule has 3 fully saturated rings. The van der Waals surface area contributed by atoms with Crippen LogP contribution in [0, 0.1) is 5.92 Å². The lowest BCUT2D eigenvalue weighted by Gasteiger charge is -2.40. The number of fused-ring (bicyclic) bond motifs is 1. The van der Waals surface area contributed by atoms with Gasteiger partial charge in [-0.05, 0) is 57.1 Å². The Kier molecular flexibility index (Phi) is 7.15. The Labute approximate surface area is 204 Å². The van der Waals surface area contributed by atoms with Crippen LogP contribution in [0.2, 0.25) is 5.02 Å². The number of hydrogen-bond acceptors (Lipinski definition) is 6. The molecule has 2 aliphatic carbocycles. The molecule has 1 aliphatic heterocycles. The molecule has 8 nitrogen and oxygen atoms in total. The second-order valence-electron chi connectivity index (χ2n) is 9.81. The molecular weight excluding hydrogens is 454 g/mol. The van der Waals surface area contributed by atoms with E-state index in [1.807, 2.05) is 18.2 Å². The topological polar surface area (TPSA) is 109 Å². The minimum atomic E-state index is -0.113. The molecule has 5 rings (SSSR count). The van der Waals surface area contributed by atoms with Crippen LogP contribution in [-0.2, 0) is 9.59 Å². The number of rotatable bonds is 6. The summed E-state index contributed by atoms with van der Waals surface area (Å²) >= 11 is 6.24. The highest BCUT2D eigenvalue weighted by molar-refractivity contribution is 6.33. The van der Waals surface area contributed by atoms with Crippen LogP contribution in [0.3, 0.4) is 0 Å². The standard InChI is InChI=1S/C25H32ClN5O3/c26-19-7-3-1-5-17(19)25-31-30-24(34-25)15-9-11-16(12-10-15)27-22(32)14-13-21-28-20-8-4-2-6-18(20)23(33)29-21/h1,3,5,7,15-16,18,20-21,28H,2,4,6,8-14H2,(H,27,32)(H,29,33). The Hall–Kier alpha value is -2.45. The van der Waals surface area contributed by atoms with Crippen molar-refractivity contribution in [2.45, 2.75) is 88.4 Å². The second-order valence-corrected chi connectivity index (χ2v) is 10.2. The van der Waals surface area contributed by atoms with Crippen LogP contribution in [-0.4, -0.2) is 40.3 Å². The molecule has 1 aromatic carbocycles. The van der Waals surface area contributed by atoms with Gasteiger partial charge in [0.05, 0.1) is 22.7 Å². The third-order valence-electron chi connectivity index (χ3n) is 7.48. The summed E-state index contributed by atoms with van der Waals surface area (Å²) < 4.78 is 5.92. The van der Waals surface area contributed by atoms with E-state index in [0.29, 0.717) is 29.6 Å². The second kappa shape index (κ2) is 10.4. The van der Waals surface area contributed by atoms with Crippen LogP contribution in [0.5, 0.6) is 0 Å². The maximum atomic E-state index is 12.6. The fourth-order valence-corrected chi connectivity index (χ4v) is 5.80. The quantitative estimate of drug-likeness (QED) is 0.572. The summed E-state index contributed by atoms with van der Waals surface area (Å²) in [4.78, 5) is 24.9. The highest BCUT2D eigenvalue weighted by atomic mass is 35.5. The Balaban J connectivity index is 1.06. The predicted molar refractivity (Wildman–Crippen MR) is 128 cm³/mol. The van der Waals surface area contributed by atoms with E-state index in [-0.39, 0.29) is 41.9 Å². The molecule has 2 saturated carbocycles. The van der Waals surface area contributed by atoms with Crippen molar-refractivity contribution in [2.75, 3.05) is 0 Å². The lowest BCUT2D eigenvalue weighted by molar-refractivity contribution is -0.131. The van der Waals surface area contributed by atoms with E-state index in [9.17, 15) is 9.59 Å². The highest BCUT2D eigenvalue weighted by Gasteiger charge is 2.37. The van der Waals surface area contributed by atoms with Crippen LogP contribution in [0.15, 0.2) is 28.7 Å². The highest BCUT2D eigenvalue weighted by Crippen LogP contribution is 2.35. The van der Waals surface area contributed by atoms with Gasteiger partial charge in [-0.25, -0.2) is 0 Å². The number of aromatic nitrogens is 2. The normalized spacial score (nSPS) is 29.2. The molecule has 2 aromatic rings. The van der Waals surface area contributed by atoms with Crippen molar-refractivity contribution in [3.05, 3.63) is 35.2 Å². The SMILES string of the molecule is O=C(CCC1NC(=O)C2CCCCC2N1)NC1CCC(c2nnc(-c3ccccc3Cl)o2)CC1. The first-order valence-corrected chi connectivity index (χ1v) is 12.9. The van der Waals surface area contributed by atoms with Crippen molar-refractivity contribution in [1.29, 1.82) is 0 Å². The molecule has 1 saturated heterocycles. The maximum absolute atomic E-state index is 12.6. The lowest BCUT2D eigenvalue weighted by Crippen LogP contribution is -2.62. The Morgan fingerprint density at radius 2 is 1.88 bits per heavy atom. The van der Waals surface area contributed by atoms with Crippen LogP contribution in [0.4, 0.5) is 0 Å². The zero-order valence-corrected chi connectivity index (χ0v) is 20.0. The van der Waals surface area contributed by atoms with E-state index in [1.54, 1.807) is 6.07 Å². The number of carbonyl (C=O) groups excluding carboxylic acids is 2. The average molecular weight is 486 g/mol. The summed E-state index contributed by atoms with van der Waals surface area (Å²) in [6.45, 7) is 0. The van der Waals surface area contributed by atoms with Gasteiger partial charge < -0.3 is 15.1 Å². The van der Waals surface area contributed by atoms with Gasteiger partial charge >= 0.3 is 0 Å². The summed E-state index contributed by atoms with van der Waals surface area (Å²) in [5.74, 6) is 1.56. The first kappa shape index (κ1) is 23.3. The number of nitrogens with one attached hydrogen (secondary N) is 3. The van der Waals surface area contributed by atoms with Crippen molar-refractivity contribution >= 4 is 23.4 Å². The van der Waals surface area contributed by atoms with Crippen LogP contribution in [0.25, 0.3) is 11.5 Å². The molecule has 3 atom stereocenters. The molecule has 3 aliphatic rings. The zero-order valence-electron chi connectivity index (χ0n) is 19.3. The molecule has 3 N–H and O–H groups in total. The van der Waals surface area contributed by atoms with E-state index < -0.39 is 0 Å². The van der Waals surface area contributed by atoms with Gasteiger partial charge in [-0.2, -0.15) is 0 Å². The van der Waals surface area contributed by atoms with Crippen molar-refractivity contribution in [2.24, 2.45) is 5.92 Å². The number of carbonyl (C=O) groups is 2. The third-order valence-corrected chi connectivity index (χ3v) is 7.81. The van der Waals surface area contributed by atoms with Gasteiger partial charge in [0.2, 0.25) is 23.6 Å². The first-order valence-electron chi connectivity index (χ1n) is 12.5. The number of hydrogen-bond donors (Lipinski definition) is 3. The zero-order chi connectivity index (χ0) is 23.5. The average Bonchev–Trinajstić information content (AvgIpc) is 3.34. The minimum absolute atomic E-state index is 0.0454. The molecule has 9 heteroatoms. The van der Waals surface area contributed by atoms with Crippen LogP contribution < -0.4 is 16.0 Å². The monoisotopic (exact) mass is 485 g/mol. The Bertz CT molecular complexity index is 1020. The largest absolute Gasteiger partial charge is 0.420 e. The number of amides is 2. The Morgan fingerprint density at radius 1 is 1.09 bits per heavy atom. The number of nitrogens with zero attached hydrogens (tertiary/aromatic N) is 2. The summed E-state index contributed by atoms with van der Waals surface area (Å²) in [6, 6.07) is 7.85. The van der Waals surface area contributed by atoms with Gasteiger partial charge in [0.1, 0.15) is 0 Å². The summed E-state index contributed by atoms with van der Waals surface area (Å²) in [5.41, 5.74) is 0.742. The molecule has 3 unspecified atom stereocenters.